The lowest BCUT2D eigenvalue weighted by atomic mass is 10.4. The van der Waals surface area contributed by atoms with Crippen molar-refractivity contribution in [1.29, 1.82) is 0 Å². The van der Waals surface area contributed by atoms with Gasteiger partial charge in [0, 0.05) is 6.42 Å². The van der Waals surface area contributed by atoms with E-state index in [1.165, 1.54) is 23.1 Å². The van der Waals surface area contributed by atoms with Crippen molar-refractivity contribution in [3.8, 4) is 0 Å². The fourth-order valence-electron chi connectivity index (χ4n) is 1.26. The van der Waals surface area contributed by atoms with E-state index in [9.17, 15) is 9.59 Å². The molecule has 106 valence electrons. The minimum absolute atomic E-state index is 0.131. The molecule has 0 atom stereocenters. The number of aromatic amines is 1. The van der Waals surface area contributed by atoms with Crippen LogP contribution in [0.25, 0.3) is 0 Å². The number of hydrogen-bond donors (Lipinski definition) is 3. The van der Waals surface area contributed by atoms with Crippen LogP contribution in [-0.2, 0) is 11.2 Å². The van der Waals surface area contributed by atoms with Gasteiger partial charge in [0.25, 0.3) is 5.91 Å². The molecule has 20 heavy (non-hydrogen) atoms. The van der Waals surface area contributed by atoms with Gasteiger partial charge in [0.15, 0.2) is 0 Å². The van der Waals surface area contributed by atoms with Crippen LogP contribution in [0.3, 0.4) is 0 Å². The highest BCUT2D eigenvalue weighted by atomic mass is 32.2. The topological polar surface area (TPSA) is 99.8 Å². The van der Waals surface area contributed by atoms with Gasteiger partial charge in [-0.3, -0.25) is 25.5 Å². The molecule has 0 bridgehead atoms. The fraction of sp³-hybridized carbons (Fsp3) is 0.273. The van der Waals surface area contributed by atoms with Gasteiger partial charge in [-0.1, -0.05) is 24.8 Å². The molecule has 2 aromatic rings. The van der Waals surface area contributed by atoms with Gasteiger partial charge in [0.05, 0.1) is 10.6 Å². The maximum absolute atomic E-state index is 11.6. The van der Waals surface area contributed by atoms with Crippen molar-refractivity contribution in [3.63, 3.8) is 0 Å². The monoisotopic (exact) mass is 311 g/mol. The molecule has 0 aliphatic heterocycles. The summed E-state index contributed by atoms with van der Waals surface area (Å²) < 4.78 is 0. The van der Waals surface area contributed by atoms with Crippen LogP contribution in [0, 0.1) is 0 Å². The summed E-state index contributed by atoms with van der Waals surface area (Å²) in [4.78, 5) is 27.8. The second kappa shape index (κ2) is 7.06. The molecule has 2 aromatic heterocycles. The molecular weight excluding hydrogens is 298 g/mol. The third kappa shape index (κ3) is 4.07. The third-order valence-corrected chi connectivity index (χ3v) is 3.95. The normalized spacial score (nSPS) is 10.2. The molecule has 0 saturated heterocycles. The maximum atomic E-state index is 11.6. The van der Waals surface area contributed by atoms with Crippen LogP contribution in [0.15, 0.2) is 22.7 Å². The van der Waals surface area contributed by atoms with Crippen molar-refractivity contribution in [3.05, 3.63) is 28.2 Å². The molecule has 0 spiro atoms. The van der Waals surface area contributed by atoms with E-state index in [4.69, 9.17) is 0 Å². The number of aryl methyl sites for hydroxylation is 1. The van der Waals surface area contributed by atoms with E-state index in [-0.39, 0.29) is 17.6 Å². The number of hydrazine groups is 1. The maximum Gasteiger partial charge on any atom is 0.279 e. The number of H-pyrrole nitrogens is 1. The molecule has 9 heteroatoms. The zero-order valence-electron chi connectivity index (χ0n) is 10.7. The summed E-state index contributed by atoms with van der Waals surface area (Å²) in [7, 11) is 0. The smallest absolute Gasteiger partial charge is 0.272 e. The number of nitrogens with one attached hydrogen (secondary N) is 3. The highest BCUT2D eigenvalue weighted by Crippen LogP contribution is 2.11. The lowest BCUT2D eigenvalue weighted by Crippen LogP contribution is -2.42. The number of thioether (sulfide) groups is 1. The average Bonchev–Trinajstić information content (AvgIpc) is 3.13. The number of carbonyl (C=O) groups is 2. The summed E-state index contributed by atoms with van der Waals surface area (Å²) in [6.07, 6.45) is 0.761. The van der Waals surface area contributed by atoms with Crippen molar-refractivity contribution in [1.82, 2.24) is 26.0 Å². The highest BCUT2D eigenvalue weighted by molar-refractivity contribution is 7.99. The number of carbonyl (C=O) groups excluding carboxylic acids is 2. The number of rotatable bonds is 5. The molecular formula is C11H13N5O2S2. The highest BCUT2D eigenvalue weighted by Gasteiger charge is 2.09. The van der Waals surface area contributed by atoms with Crippen molar-refractivity contribution in [2.45, 2.75) is 18.5 Å². The third-order valence-electron chi connectivity index (χ3n) is 2.24. The molecule has 2 amide bonds. The Morgan fingerprint density at radius 3 is 2.95 bits per heavy atom. The SMILES string of the molecule is CCc1nc(SCC(=O)NNC(=O)c2cccs2)n[nH]1. The van der Waals surface area contributed by atoms with E-state index in [2.05, 4.69) is 26.0 Å². The summed E-state index contributed by atoms with van der Waals surface area (Å²) in [6, 6.07) is 3.45. The minimum Gasteiger partial charge on any atom is -0.272 e. The molecule has 2 heterocycles. The number of hydrogen-bond acceptors (Lipinski definition) is 6. The first-order chi connectivity index (χ1) is 9.69. The van der Waals surface area contributed by atoms with Gasteiger partial charge >= 0.3 is 0 Å². The Morgan fingerprint density at radius 1 is 1.45 bits per heavy atom. The Kier molecular flexibility index (Phi) is 5.13. The molecule has 3 N–H and O–H groups in total. The Hall–Kier alpha value is -1.87. The van der Waals surface area contributed by atoms with E-state index < -0.39 is 0 Å². The van der Waals surface area contributed by atoms with Gasteiger partial charge in [-0.15, -0.1) is 16.4 Å². The lowest BCUT2D eigenvalue weighted by molar-refractivity contribution is -0.119. The van der Waals surface area contributed by atoms with Crippen molar-refractivity contribution in [2.75, 3.05) is 5.75 Å². The number of nitrogens with zero attached hydrogens (tertiary/aromatic N) is 2. The van der Waals surface area contributed by atoms with Gasteiger partial charge in [-0.2, -0.15) is 0 Å². The average molecular weight is 311 g/mol. The van der Waals surface area contributed by atoms with Crippen molar-refractivity contribution < 1.29 is 9.59 Å². The lowest BCUT2D eigenvalue weighted by Gasteiger charge is -2.04. The predicted molar refractivity (Wildman–Crippen MR) is 76.4 cm³/mol. The van der Waals surface area contributed by atoms with Gasteiger partial charge in [0.1, 0.15) is 5.82 Å². The van der Waals surface area contributed by atoms with E-state index in [1.807, 2.05) is 6.92 Å². The first kappa shape index (κ1) is 14.5. The fourth-order valence-corrected chi connectivity index (χ4v) is 2.50. The number of aromatic nitrogens is 3. The van der Waals surface area contributed by atoms with E-state index in [0.717, 1.165) is 12.2 Å². The molecule has 0 aliphatic rings. The molecule has 0 fully saturated rings. The summed E-state index contributed by atoms with van der Waals surface area (Å²) in [5.41, 5.74) is 4.69. The van der Waals surface area contributed by atoms with Crippen LogP contribution in [-0.4, -0.2) is 32.7 Å². The first-order valence-electron chi connectivity index (χ1n) is 5.85. The van der Waals surface area contributed by atoms with Crippen LogP contribution in [0.5, 0.6) is 0 Å². The molecule has 2 rings (SSSR count). The zero-order valence-corrected chi connectivity index (χ0v) is 12.3. The zero-order chi connectivity index (χ0) is 14.4. The summed E-state index contributed by atoms with van der Waals surface area (Å²) in [5, 5.41) is 9.03. The number of amides is 2. The minimum atomic E-state index is -0.329. The van der Waals surface area contributed by atoms with E-state index >= 15 is 0 Å². The molecule has 0 unspecified atom stereocenters. The molecule has 7 nitrogen and oxygen atoms in total. The summed E-state index contributed by atoms with van der Waals surface area (Å²) >= 11 is 2.51. The van der Waals surface area contributed by atoms with Crippen LogP contribution in [0.1, 0.15) is 22.4 Å². The Balaban J connectivity index is 1.71. The predicted octanol–water partition coefficient (Wildman–Crippen LogP) is 0.982. The molecule has 0 aliphatic carbocycles. The Labute approximate surface area is 123 Å². The van der Waals surface area contributed by atoms with E-state index in [1.54, 1.807) is 17.5 Å². The molecule has 0 aromatic carbocycles. The largest absolute Gasteiger partial charge is 0.279 e. The molecule has 0 saturated carbocycles. The molecule has 0 radical (unpaired) electrons. The number of thiophene rings is 1. The van der Waals surface area contributed by atoms with Gasteiger partial charge < -0.3 is 0 Å². The van der Waals surface area contributed by atoms with Crippen LogP contribution in [0.2, 0.25) is 0 Å². The first-order valence-corrected chi connectivity index (χ1v) is 7.72. The summed E-state index contributed by atoms with van der Waals surface area (Å²) in [5.74, 6) is 0.261. The Bertz CT molecular complexity index is 581. The van der Waals surface area contributed by atoms with Crippen LogP contribution >= 0.6 is 23.1 Å². The van der Waals surface area contributed by atoms with E-state index in [0.29, 0.717) is 10.0 Å². The summed E-state index contributed by atoms with van der Waals surface area (Å²) in [6.45, 7) is 1.96. The van der Waals surface area contributed by atoms with Gasteiger partial charge in [-0.05, 0) is 11.4 Å². The second-order valence-electron chi connectivity index (χ2n) is 3.69. The Morgan fingerprint density at radius 2 is 2.30 bits per heavy atom. The van der Waals surface area contributed by atoms with Crippen molar-refractivity contribution >= 4 is 34.9 Å². The van der Waals surface area contributed by atoms with Gasteiger partial charge in [-0.25, -0.2) is 4.98 Å². The van der Waals surface area contributed by atoms with Crippen LogP contribution < -0.4 is 10.9 Å². The standard InChI is InChI=1S/C11H13N5O2S2/c1-2-8-12-11(16-13-8)20-6-9(17)14-15-10(18)7-4-3-5-19-7/h3-5H,2,6H2,1H3,(H,14,17)(H,15,18)(H,12,13,16). The van der Waals surface area contributed by atoms with Crippen LogP contribution in [0.4, 0.5) is 0 Å². The second-order valence-corrected chi connectivity index (χ2v) is 5.58. The van der Waals surface area contributed by atoms with Gasteiger partial charge in [0.2, 0.25) is 11.1 Å². The van der Waals surface area contributed by atoms with Crippen molar-refractivity contribution in [2.24, 2.45) is 0 Å². The quantitative estimate of drug-likeness (QED) is 0.564.